The highest BCUT2D eigenvalue weighted by Gasteiger charge is 2.07. The third kappa shape index (κ3) is 4.17. The molecule has 0 spiro atoms. The Kier molecular flexibility index (Phi) is 5.63. The van der Waals surface area contributed by atoms with E-state index in [9.17, 15) is 4.79 Å². The van der Waals surface area contributed by atoms with E-state index in [2.05, 4.69) is 33.2 Å². The van der Waals surface area contributed by atoms with Gasteiger partial charge in [0.15, 0.2) is 0 Å². The van der Waals surface area contributed by atoms with E-state index < -0.39 is 0 Å². The lowest BCUT2D eigenvalue weighted by atomic mass is 10.2. The number of rotatable bonds is 5. The number of amides is 1. The van der Waals surface area contributed by atoms with Gasteiger partial charge in [-0.25, -0.2) is 0 Å². The van der Waals surface area contributed by atoms with Gasteiger partial charge in [-0.2, -0.15) is 0 Å². The molecule has 0 aromatic heterocycles. The first-order valence-corrected chi connectivity index (χ1v) is 6.01. The lowest BCUT2D eigenvalue weighted by Gasteiger charge is -2.06. The van der Waals surface area contributed by atoms with Crippen LogP contribution < -0.4 is 10.6 Å². The predicted octanol–water partition coefficient (Wildman–Crippen LogP) is 1.63. The third-order valence-corrected chi connectivity index (χ3v) is 2.95. The highest BCUT2D eigenvalue weighted by Crippen LogP contribution is 2.10. The van der Waals surface area contributed by atoms with Crippen LogP contribution in [0.15, 0.2) is 24.3 Å². The molecule has 0 aliphatic rings. The van der Waals surface area contributed by atoms with E-state index >= 15 is 0 Å². The van der Waals surface area contributed by atoms with Gasteiger partial charge in [0.25, 0.3) is 5.91 Å². The summed E-state index contributed by atoms with van der Waals surface area (Å²) in [6.45, 7) is 1.64. The molecule has 0 heterocycles. The average Bonchev–Trinajstić information content (AvgIpc) is 2.25. The maximum atomic E-state index is 11.7. The number of hydrogen-bond donors (Lipinski definition) is 2. The summed E-state index contributed by atoms with van der Waals surface area (Å²) in [5, 5.41) is 5.93. The molecule has 0 radical (unpaired) electrons. The van der Waals surface area contributed by atoms with E-state index in [0.29, 0.717) is 6.54 Å². The van der Waals surface area contributed by atoms with Crippen LogP contribution in [0.5, 0.6) is 0 Å². The maximum absolute atomic E-state index is 11.7. The smallest absolute Gasteiger partial charge is 0.252 e. The van der Waals surface area contributed by atoms with Gasteiger partial charge < -0.3 is 10.6 Å². The van der Waals surface area contributed by atoms with Gasteiger partial charge in [-0.05, 0) is 54.7 Å². The summed E-state index contributed by atoms with van der Waals surface area (Å²) in [6.07, 6.45) is 0.950. The highest BCUT2D eigenvalue weighted by atomic mass is 127. The van der Waals surface area contributed by atoms with Crippen LogP contribution in [0.4, 0.5) is 0 Å². The molecule has 3 nitrogen and oxygen atoms in total. The lowest BCUT2D eigenvalue weighted by Crippen LogP contribution is -2.27. The number of halogens is 1. The van der Waals surface area contributed by atoms with Crippen LogP contribution in [0.2, 0.25) is 0 Å². The summed E-state index contributed by atoms with van der Waals surface area (Å²) in [5.74, 6) is 0.0103. The van der Waals surface area contributed by atoms with Crippen molar-refractivity contribution in [2.75, 3.05) is 20.1 Å². The lowest BCUT2D eigenvalue weighted by molar-refractivity contribution is 0.0952. The molecule has 0 atom stereocenters. The van der Waals surface area contributed by atoms with Crippen molar-refractivity contribution in [3.8, 4) is 0 Å². The van der Waals surface area contributed by atoms with Crippen molar-refractivity contribution < 1.29 is 4.79 Å². The Morgan fingerprint density at radius 1 is 1.33 bits per heavy atom. The number of benzene rings is 1. The minimum absolute atomic E-state index is 0.0103. The Bertz CT molecular complexity index is 328. The Balaban J connectivity index is 2.44. The molecule has 0 bridgehead atoms. The Morgan fingerprint density at radius 3 is 2.73 bits per heavy atom. The van der Waals surface area contributed by atoms with Crippen LogP contribution >= 0.6 is 22.6 Å². The summed E-state index contributed by atoms with van der Waals surface area (Å²) in [5.41, 5.74) is 0.752. The largest absolute Gasteiger partial charge is 0.352 e. The van der Waals surface area contributed by atoms with Crippen molar-refractivity contribution in [3.05, 3.63) is 33.4 Å². The van der Waals surface area contributed by atoms with E-state index in [0.717, 1.165) is 22.1 Å². The quantitative estimate of drug-likeness (QED) is 0.640. The van der Waals surface area contributed by atoms with Crippen molar-refractivity contribution in [3.63, 3.8) is 0 Å². The Morgan fingerprint density at radius 2 is 2.07 bits per heavy atom. The number of carbonyl (C=O) groups excluding carboxylic acids is 1. The van der Waals surface area contributed by atoms with E-state index in [1.165, 1.54) is 0 Å². The van der Waals surface area contributed by atoms with Crippen LogP contribution in [0, 0.1) is 3.57 Å². The van der Waals surface area contributed by atoms with Gasteiger partial charge in [0.05, 0.1) is 5.56 Å². The number of hydrogen-bond acceptors (Lipinski definition) is 2. The molecule has 82 valence electrons. The molecular weight excluding hydrogens is 303 g/mol. The second kappa shape index (κ2) is 6.79. The van der Waals surface area contributed by atoms with Crippen LogP contribution in [0.1, 0.15) is 16.8 Å². The van der Waals surface area contributed by atoms with Gasteiger partial charge in [-0.15, -0.1) is 0 Å². The molecule has 1 aromatic carbocycles. The van der Waals surface area contributed by atoms with Crippen molar-refractivity contribution in [2.45, 2.75) is 6.42 Å². The summed E-state index contributed by atoms with van der Waals surface area (Å²) in [4.78, 5) is 11.7. The molecule has 0 fully saturated rings. The average molecular weight is 318 g/mol. The standard InChI is InChI=1S/C11H15IN2O/c1-13-7-4-8-14-11(15)9-5-2-3-6-10(9)12/h2-3,5-6,13H,4,7-8H2,1H3,(H,14,15). The fraction of sp³-hybridized carbons (Fsp3) is 0.364. The van der Waals surface area contributed by atoms with Gasteiger partial charge in [0.1, 0.15) is 0 Å². The van der Waals surface area contributed by atoms with Gasteiger partial charge in [-0.1, -0.05) is 12.1 Å². The van der Waals surface area contributed by atoms with Crippen molar-refractivity contribution >= 4 is 28.5 Å². The van der Waals surface area contributed by atoms with Crippen molar-refractivity contribution in [1.29, 1.82) is 0 Å². The van der Waals surface area contributed by atoms with Crippen LogP contribution in [0.25, 0.3) is 0 Å². The molecule has 1 amide bonds. The van der Waals surface area contributed by atoms with Gasteiger partial charge in [0.2, 0.25) is 0 Å². The Hall–Kier alpha value is -0.620. The van der Waals surface area contributed by atoms with Gasteiger partial charge >= 0.3 is 0 Å². The summed E-state index contributed by atoms with van der Waals surface area (Å²) >= 11 is 2.17. The summed E-state index contributed by atoms with van der Waals surface area (Å²) in [6, 6.07) is 7.59. The number of carbonyl (C=O) groups is 1. The summed E-state index contributed by atoms with van der Waals surface area (Å²) < 4.78 is 0.987. The van der Waals surface area contributed by atoms with Crippen LogP contribution in [-0.4, -0.2) is 26.0 Å². The van der Waals surface area contributed by atoms with Crippen molar-refractivity contribution in [1.82, 2.24) is 10.6 Å². The molecule has 2 N–H and O–H groups in total. The first kappa shape index (κ1) is 12.4. The zero-order valence-corrected chi connectivity index (χ0v) is 10.9. The van der Waals surface area contributed by atoms with E-state index in [1.54, 1.807) is 0 Å². The van der Waals surface area contributed by atoms with Gasteiger partial charge in [0, 0.05) is 10.1 Å². The molecule has 0 aliphatic heterocycles. The molecular formula is C11H15IN2O. The molecule has 1 aromatic rings. The minimum Gasteiger partial charge on any atom is -0.352 e. The topological polar surface area (TPSA) is 41.1 Å². The molecule has 15 heavy (non-hydrogen) atoms. The molecule has 0 saturated heterocycles. The van der Waals surface area contributed by atoms with Gasteiger partial charge in [-0.3, -0.25) is 4.79 Å². The fourth-order valence-electron chi connectivity index (χ4n) is 1.21. The van der Waals surface area contributed by atoms with E-state index in [-0.39, 0.29) is 5.91 Å². The van der Waals surface area contributed by atoms with Crippen molar-refractivity contribution in [2.24, 2.45) is 0 Å². The molecule has 1 rings (SSSR count). The molecule has 4 heteroatoms. The Labute approximate surface area is 104 Å². The second-order valence-electron chi connectivity index (χ2n) is 3.19. The second-order valence-corrected chi connectivity index (χ2v) is 4.36. The first-order valence-electron chi connectivity index (χ1n) is 4.93. The number of nitrogens with one attached hydrogen (secondary N) is 2. The fourth-order valence-corrected chi connectivity index (χ4v) is 1.84. The van der Waals surface area contributed by atoms with E-state index in [1.807, 2.05) is 31.3 Å². The summed E-state index contributed by atoms with van der Waals surface area (Å²) in [7, 11) is 1.90. The first-order chi connectivity index (χ1) is 7.25. The zero-order valence-electron chi connectivity index (χ0n) is 8.72. The normalized spacial score (nSPS) is 10.0. The highest BCUT2D eigenvalue weighted by molar-refractivity contribution is 14.1. The zero-order chi connectivity index (χ0) is 11.1. The van der Waals surface area contributed by atoms with Crippen LogP contribution in [0.3, 0.4) is 0 Å². The SMILES string of the molecule is CNCCCNC(=O)c1ccccc1I. The molecule has 0 unspecified atom stereocenters. The maximum Gasteiger partial charge on any atom is 0.252 e. The van der Waals surface area contributed by atoms with Crippen LogP contribution in [-0.2, 0) is 0 Å². The third-order valence-electron chi connectivity index (χ3n) is 2.01. The molecule has 0 saturated carbocycles. The predicted molar refractivity (Wildman–Crippen MR) is 70.0 cm³/mol. The van der Waals surface area contributed by atoms with E-state index in [4.69, 9.17) is 0 Å². The molecule has 0 aliphatic carbocycles. The monoisotopic (exact) mass is 318 g/mol. The minimum atomic E-state index is 0.0103.